The van der Waals surface area contributed by atoms with E-state index in [0.29, 0.717) is 39.5 Å². The van der Waals surface area contributed by atoms with Crippen molar-refractivity contribution in [3.8, 4) is 17.2 Å². The minimum absolute atomic E-state index is 0.285. The Kier molecular flexibility index (Phi) is 6.16. The average Bonchev–Trinajstić information content (AvgIpc) is 3.50. The smallest absolute Gasteiger partial charge is 0.187 e. The summed E-state index contributed by atoms with van der Waals surface area (Å²) in [5.74, 6) is -0.396. The van der Waals surface area contributed by atoms with Gasteiger partial charge in [-0.15, -0.1) is 0 Å². The number of fused-ring (bicyclic) bond motifs is 5. The normalized spacial score (nSPS) is 20.9. The van der Waals surface area contributed by atoms with E-state index in [-0.39, 0.29) is 17.3 Å². The number of carbonyl (C=O) groups is 3. The molecule has 1 aliphatic carbocycles. The Bertz CT molecular complexity index is 1790. The molecule has 0 unspecified atom stereocenters. The molecular weight excluding hydrogens is 544 g/mol. The fraction of sp³-hybridized carbons (Fsp3) is 0.200. The first kappa shape index (κ1) is 26.6. The van der Waals surface area contributed by atoms with Crippen LogP contribution >= 0.6 is 0 Å². The molecule has 3 atom stereocenters. The van der Waals surface area contributed by atoms with Crippen molar-refractivity contribution in [2.45, 2.75) is 18.0 Å². The molecule has 0 aromatic heterocycles. The van der Waals surface area contributed by atoms with Crippen LogP contribution in [-0.4, -0.2) is 55.9 Å². The minimum atomic E-state index is -1.72. The maximum Gasteiger partial charge on any atom is 0.187 e. The van der Waals surface area contributed by atoms with Crippen LogP contribution in [0.15, 0.2) is 96.1 Å². The number of methoxy groups -OCH3 is 3. The molecule has 2 aliphatic heterocycles. The lowest BCUT2D eigenvalue weighted by atomic mass is 9.62. The first-order valence-corrected chi connectivity index (χ1v) is 14.0. The maximum atomic E-state index is 14.9. The van der Waals surface area contributed by atoms with E-state index in [0.717, 1.165) is 11.1 Å². The summed E-state index contributed by atoms with van der Waals surface area (Å²) in [6, 6.07) is 24.6. The minimum Gasteiger partial charge on any atom is -0.497 e. The van der Waals surface area contributed by atoms with Gasteiger partial charge >= 0.3 is 0 Å². The molecule has 8 heteroatoms. The highest BCUT2D eigenvalue weighted by Gasteiger charge is 2.73. The molecule has 43 heavy (non-hydrogen) atoms. The lowest BCUT2D eigenvalue weighted by Gasteiger charge is -2.36. The Morgan fingerprint density at radius 1 is 0.744 bits per heavy atom. The van der Waals surface area contributed by atoms with Crippen LogP contribution in [0.5, 0.6) is 17.2 Å². The van der Waals surface area contributed by atoms with Gasteiger partial charge in [-0.25, -0.2) is 0 Å². The molecule has 2 heterocycles. The second kappa shape index (κ2) is 9.94. The zero-order valence-corrected chi connectivity index (χ0v) is 23.8. The third-order valence-corrected chi connectivity index (χ3v) is 8.99. The molecule has 4 aromatic carbocycles. The highest BCUT2D eigenvalue weighted by molar-refractivity contribution is 6.31. The molecule has 0 bridgehead atoms. The molecule has 0 radical (unpaired) electrons. The second-order valence-corrected chi connectivity index (χ2v) is 10.9. The maximum absolute atomic E-state index is 14.9. The fourth-order valence-corrected chi connectivity index (χ4v) is 7.13. The number of hydrazone groups is 1. The van der Waals surface area contributed by atoms with Crippen molar-refractivity contribution in [3.05, 3.63) is 124 Å². The number of rotatable bonds is 6. The van der Waals surface area contributed by atoms with Gasteiger partial charge in [0.15, 0.2) is 17.3 Å². The first-order chi connectivity index (χ1) is 20.9. The molecule has 7 rings (SSSR count). The Morgan fingerprint density at radius 2 is 1.37 bits per heavy atom. The number of benzene rings is 4. The molecule has 4 aromatic rings. The quantitative estimate of drug-likeness (QED) is 0.222. The molecule has 3 aliphatic rings. The van der Waals surface area contributed by atoms with E-state index in [9.17, 15) is 14.4 Å². The number of ether oxygens (including phenoxy) is 3. The molecule has 1 spiro atoms. The van der Waals surface area contributed by atoms with E-state index in [4.69, 9.17) is 19.3 Å². The zero-order valence-electron chi connectivity index (χ0n) is 23.8. The number of ketones is 3. The van der Waals surface area contributed by atoms with Gasteiger partial charge in [-0.05, 0) is 53.6 Å². The van der Waals surface area contributed by atoms with Crippen molar-refractivity contribution >= 4 is 23.6 Å². The van der Waals surface area contributed by atoms with Crippen LogP contribution in [0.25, 0.3) is 0 Å². The summed E-state index contributed by atoms with van der Waals surface area (Å²) in [7, 11) is 4.63. The van der Waals surface area contributed by atoms with Crippen molar-refractivity contribution in [1.82, 2.24) is 5.01 Å². The number of carbonyl (C=O) groups excluding carboxylic acids is 3. The fourth-order valence-electron chi connectivity index (χ4n) is 7.13. The van der Waals surface area contributed by atoms with E-state index >= 15 is 0 Å². The van der Waals surface area contributed by atoms with Gasteiger partial charge in [-0.1, -0.05) is 48.5 Å². The van der Waals surface area contributed by atoms with Gasteiger partial charge in [0.2, 0.25) is 0 Å². The molecule has 214 valence electrons. The van der Waals surface area contributed by atoms with Crippen molar-refractivity contribution in [3.63, 3.8) is 0 Å². The van der Waals surface area contributed by atoms with Crippen LogP contribution in [0, 0.1) is 5.41 Å². The lowest BCUT2D eigenvalue weighted by Crippen LogP contribution is -2.44. The summed E-state index contributed by atoms with van der Waals surface area (Å²) in [6.45, 7) is 0. The standard InChI is InChI=1S/C35H28N2O6/c1-41-22-14-12-20(13-15-22)31(38)30-29(27-18-23(42-2)16-17-28(27)43-3)35(33(39)25-10-6-7-11-26(25)34(35)40)32-24-9-5-4-8-21(24)19-36-37(30)32/h4-19,29-30,32H,1-3H3/t29-,30+,32+/m1/s1. The van der Waals surface area contributed by atoms with Crippen molar-refractivity contribution in [2.75, 3.05) is 21.3 Å². The van der Waals surface area contributed by atoms with Crippen molar-refractivity contribution in [1.29, 1.82) is 0 Å². The van der Waals surface area contributed by atoms with Crippen LogP contribution in [-0.2, 0) is 0 Å². The topological polar surface area (TPSA) is 94.5 Å². The van der Waals surface area contributed by atoms with Crippen molar-refractivity contribution in [2.24, 2.45) is 10.5 Å². The average molecular weight is 573 g/mol. The largest absolute Gasteiger partial charge is 0.497 e. The third kappa shape index (κ3) is 3.62. The van der Waals surface area contributed by atoms with Gasteiger partial charge in [0.1, 0.15) is 28.7 Å². The summed E-state index contributed by atoms with van der Waals surface area (Å²) < 4.78 is 16.7. The predicted molar refractivity (Wildman–Crippen MR) is 160 cm³/mol. The van der Waals surface area contributed by atoms with Gasteiger partial charge in [-0.3, -0.25) is 19.4 Å². The lowest BCUT2D eigenvalue weighted by molar-refractivity contribution is 0.0585. The summed E-state index contributed by atoms with van der Waals surface area (Å²) in [6.07, 6.45) is 1.69. The van der Waals surface area contributed by atoms with E-state index < -0.39 is 23.4 Å². The molecule has 8 nitrogen and oxygen atoms in total. The Hall–Kier alpha value is -5.24. The van der Waals surface area contributed by atoms with Crippen LogP contribution in [0.3, 0.4) is 0 Å². The van der Waals surface area contributed by atoms with Crippen LogP contribution in [0.4, 0.5) is 0 Å². The van der Waals surface area contributed by atoms with E-state index in [1.54, 1.807) is 92.2 Å². The van der Waals surface area contributed by atoms with Gasteiger partial charge < -0.3 is 14.2 Å². The third-order valence-electron chi connectivity index (χ3n) is 8.99. The molecule has 0 N–H and O–H groups in total. The Balaban J connectivity index is 1.56. The molecule has 1 fully saturated rings. The van der Waals surface area contributed by atoms with Gasteiger partial charge in [-0.2, -0.15) is 5.10 Å². The van der Waals surface area contributed by atoms with Crippen LogP contribution < -0.4 is 14.2 Å². The first-order valence-electron chi connectivity index (χ1n) is 14.0. The Labute approximate surface area is 248 Å². The predicted octanol–water partition coefficient (Wildman–Crippen LogP) is 5.52. The summed E-state index contributed by atoms with van der Waals surface area (Å²) >= 11 is 0. The van der Waals surface area contributed by atoms with Crippen molar-refractivity contribution < 1.29 is 28.6 Å². The number of hydrogen-bond acceptors (Lipinski definition) is 8. The molecule has 1 saturated heterocycles. The zero-order chi connectivity index (χ0) is 29.9. The number of hydrogen-bond donors (Lipinski definition) is 0. The van der Waals surface area contributed by atoms with Crippen LogP contribution in [0.1, 0.15) is 59.7 Å². The van der Waals surface area contributed by atoms with Crippen LogP contribution in [0.2, 0.25) is 0 Å². The second-order valence-electron chi connectivity index (χ2n) is 10.9. The summed E-state index contributed by atoms with van der Waals surface area (Å²) in [5, 5.41) is 6.47. The van der Waals surface area contributed by atoms with Gasteiger partial charge in [0.05, 0.1) is 33.6 Å². The van der Waals surface area contributed by atoms with E-state index in [1.807, 2.05) is 24.3 Å². The summed E-state index contributed by atoms with van der Waals surface area (Å²) in [5.41, 5.74) is 1.41. The number of Topliss-reactive ketones (excluding diaryl/α,β-unsaturated/α-hetero) is 3. The highest BCUT2D eigenvalue weighted by atomic mass is 16.5. The highest BCUT2D eigenvalue weighted by Crippen LogP contribution is 2.65. The Morgan fingerprint density at radius 3 is 2.02 bits per heavy atom. The van der Waals surface area contributed by atoms with Gasteiger partial charge in [0.25, 0.3) is 0 Å². The summed E-state index contributed by atoms with van der Waals surface area (Å²) in [4.78, 5) is 44.6. The molecular formula is C35H28N2O6. The van der Waals surface area contributed by atoms with E-state index in [1.165, 1.54) is 7.11 Å². The van der Waals surface area contributed by atoms with Gasteiger partial charge in [0, 0.05) is 28.2 Å². The SMILES string of the molecule is COc1ccc(C(=O)[C@@H]2[C@@H](c3cc(OC)ccc3OC)C3(C(=O)c4ccccc4C3=O)[C@@H]3c4ccccc4C=NN23)cc1. The molecule has 0 saturated carbocycles. The van der Waals surface area contributed by atoms with E-state index in [2.05, 4.69) is 0 Å². The molecule has 0 amide bonds. The monoisotopic (exact) mass is 572 g/mol. The number of nitrogens with zero attached hydrogens (tertiary/aromatic N) is 2.